The molecule has 0 aliphatic carbocycles. The van der Waals surface area contributed by atoms with E-state index in [-0.39, 0.29) is 18.4 Å². The maximum atomic E-state index is 14.5. The Kier molecular flexibility index (Phi) is 7.42. The number of rotatable bonds is 9. The summed E-state index contributed by atoms with van der Waals surface area (Å²) in [5.41, 5.74) is 3.05. The predicted octanol–water partition coefficient (Wildman–Crippen LogP) is 5.53. The van der Waals surface area contributed by atoms with Gasteiger partial charge in [0, 0.05) is 29.2 Å². The monoisotopic (exact) mass is 481 g/mol. The molecule has 1 aliphatic heterocycles. The number of para-hydroxylation sites is 1. The number of hydrogen-bond donors (Lipinski definition) is 2. The van der Waals surface area contributed by atoms with Crippen molar-refractivity contribution in [3.05, 3.63) is 65.1 Å². The van der Waals surface area contributed by atoms with Crippen LogP contribution in [0.3, 0.4) is 0 Å². The molecular weight excluding hydrogens is 453 g/mol. The van der Waals surface area contributed by atoms with E-state index in [9.17, 15) is 22.0 Å². The van der Waals surface area contributed by atoms with E-state index < -0.39 is 31.3 Å². The van der Waals surface area contributed by atoms with Gasteiger partial charge in [0.05, 0.1) is 19.3 Å². The molecule has 4 nitrogen and oxygen atoms in total. The fourth-order valence-corrected chi connectivity index (χ4v) is 4.67. The summed E-state index contributed by atoms with van der Waals surface area (Å²) in [5, 5.41) is 3.98. The third-order valence-corrected chi connectivity index (χ3v) is 6.17. The number of fused-ring (bicyclic) bond motifs is 3. The van der Waals surface area contributed by atoms with Gasteiger partial charge in [0.15, 0.2) is 11.6 Å². The normalized spacial score (nSPS) is 18.9. The summed E-state index contributed by atoms with van der Waals surface area (Å²) in [4.78, 5) is 4.73. The molecule has 0 amide bonds. The highest BCUT2D eigenvalue weighted by Crippen LogP contribution is 2.42. The number of hydrogen-bond acceptors (Lipinski definition) is 3. The molecule has 0 saturated carbocycles. The molecule has 0 spiro atoms. The lowest BCUT2D eigenvalue weighted by molar-refractivity contribution is -0.155. The van der Waals surface area contributed by atoms with Gasteiger partial charge in [-0.3, -0.25) is 9.29 Å². The van der Waals surface area contributed by atoms with Crippen LogP contribution in [-0.4, -0.2) is 55.0 Å². The Morgan fingerprint density at radius 1 is 1.15 bits per heavy atom. The number of aromatic nitrogens is 1. The third-order valence-electron chi connectivity index (χ3n) is 6.17. The summed E-state index contributed by atoms with van der Waals surface area (Å²) in [6, 6.07) is 10.8. The molecule has 4 rings (SSSR count). The number of nitrogens with zero attached hydrogens (tertiary/aromatic N) is 1. The molecule has 0 radical (unpaired) electrons. The minimum Gasteiger partial charge on any atom is -0.489 e. The van der Waals surface area contributed by atoms with Crippen LogP contribution in [0.2, 0.25) is 0 Å². The Morgan fingerprint density at radius 3 is 2.71 bits per heavy atom. The standard InChI is InChI=1S/C25H28F5N3O/c1-16-13-19-18-5-2-3-6-21(18)32-23(19)24(33(16)15-25(28,29)30)17-7-8-20(27)22(14-17)34-12-11-31-10-4-9-26/h2-3,5-8,14,16,24,31-32H,4,9-13,15H2,1H3/t16-,24?/m1/s1. The summed E-state index contributed by atoms with van der Waals surface area (Å²) in [6.45, 7) is 1.31. The number of nitrogens with one attached hydrogen (secondary N) is 2. The van der Waals surface area contributed by atoms with Crippen LogP contribution in [0.25, 0.3) is 10.9 Å². The van der Waals surface area contributed by atoms with Crippen molar-refractivity contribution in [2.75, 3.05) is 32.9 Å². The Bertz CT molecular complexity index is 1110. The minimum atomic E-state index is -4.39. The Morgan fingerprint density at radius 2 is 1.94 bits per heavy atom. The number of benzene rings is 2. The number of alkyl halides is 4. The van der Waals surface area contributed by atoms with Crippen LogP contribution < -0.4 is 10.1 Å². The SMILES string of the molecule is C[C@@H]1Cc2c([nH]c3ccccc23)C(c2ccc(F)c(OCCNCCCF)c2)N1CC(F)(F)F. The molecule has 1 unspecified atom stereocenters. The van der Waals surface area contributed by atoms with Gasteiger partial charge >= 0.3 is 6.18 Å². The molecule has 9 heteroatoms. The number of halogens is 5. The van der Waals surface area contributed by atoms with Crippen molar-refractivity contribution >= 4 is 10.9 Å². The Balaban J connectivity index is 1.68. The smallest absolute Gasteiger partial charge is 0.401 e. The van der Waals surface area contributed by atoms with E-state index in [4.69, 9.17) is 4.74 Å². The van der Waals surface area contributed by atoms with Crippen molar-refractivity contribution < 1.29 is 26.7 Å². The molecule has 2 heterocycles. The molecule has 0 fully saturated rings. The van der Waals surface area contributed by atoms with Gasteiger partial charge in [0.25, 0.3) is 0 Å². The predicted molar refractivity (Wildman–Crippen MR) is 121 cm³/mol. The molecule has 3 aromatic rings. The van der Waals surface area contributed by atoms with Crippen molar-refractivity contribution in [1.82, 2.24) is 15.2 Å². The van der Waals surface area contributed by atoms with Gasteiger partial charge in [-0.2, -0.15) is 13.2 Å². The van der Waals surface area contributed by atoms with Gasteiger partial charge in [-0.15, -0.1) is 0 Å². The average molecular weight is 482 g/mol. The van der Waals surface area contributed by atoms with E-state index in [1.807, 2.05) is 24.3 Å². The number of H-pyrrole nitrogens is 1. The lowest BCUT2D eigenvalue weighted by Gasteiger charge is -2.41. The topological polar surface area (TPSA) is 40.3 Å². The molecule has 34 heavy (non-hydrogen) atoms. The number of aromatic amines is 1. The zero-order valence-corrected chi connectivity index (χ0v) is 18.9. The molecule has 2 aromatic carbocycles. The summed E-state index contributed by atoms with van der Waals surface area (Å²) in [6.07, 6.45) is -3.53. The van der Waals surface area contributed by atoms with Crippen LogP contribution >= 0.6 is 0 Å². The second-order valence-electron chi connectivity index (χ2n) is 8.64. The first-order chi connectivity index (χ1) is 16.3. The van der Waals surface area contributed by atoms with E-state index in [2.05, 4.69) is 10.3 Å². The second-order valence-corrected chi connectivity index (χ2v) is 8.64. The summed E-state index contributed by atoms with van der Waals surface area (Å²) >= 11 is 0. The highest BCUT2D eigenvalue weighted by atomic mass is 19.4. The first-order valence-electron chi connectivity index (χ1n) is 11.4. The van der Waals surface area contributed by atoms with E-state index in [0.29, 0.717) is 37.2 Å². The zero-order chi connectivity index (χ0) is 24.3. The second kappa shape index (κ2) is 10.3. The van der Waals surface area contributed by atoms with Gasteiger partial charge < -0.3 is 15.0 Å². The van der Waals surface area contributed by atoms with Crippen molar-refractivity contribution in [3.63, 3.8) is 0 Å². The van der Waals surface area contributed by atoms with Gasteiger partial charge in [0.2, 0.25) is 0 Å². The maximum absolute atomic E-state index is 14.5. The summed E-state index contributed by atoms with van der Waals surface area (Å²) in [7, 11) is 0. The first kappa shape index (κ1) is 24.5. The summed E-state index contributed by atoms with van der Waals surface area (Å²) in [5.74, 6) is -0.608. The van der Waals surface area contributed by atoms with Crippen molar-refractivity contribution in [2.45, 2.75) is 38.0 Å². The van der Waals surface area contributed by atoms with Gasteiger partial charge in [-0.05, 0) is 55.6 Å². The van der Waals surface area contributed by atoms with E-state index in [1.54, 1.807) is 6.92 Å². The van der Waals surface area contributed by atoms with Crippen LogP contribution in [0.15, 0.2) is 42.5 Å². The first-order valence-corrected chi connectivity index (χ1v) is 11.4. The Hall–Kier alpha value is -2.65. The van der Waals surface area contributed by atoms with Crippen LogP contribution in [0.4, 0.5) is 22.0 Å². The van der Waals surface area contributed by atoms with E-state index in [1.165, 1.54) is 23.1 Å². The van der Waals surface area contributed by atoms with E-state index >= 15 is 0 Å². The van der Waals surface area contributed by atoms with Gasteiger partial charge in [-0.1, -0.05) is 24.3 Å². The molecule has 1 aromatic heterocycles. The van der Waals surface area contributed by atoms with Crippen LogP contribution in [0, 0.1) is 5.82 Å². The molecular formula is C25H28F5N3O. The van der Waals surface area contributed by atoms with Gasteiger partial charge in [0.1, 0.15) is 6.61 Å². The van der Waals surface area contributed by atoms with Gasteiger partial charge in [-0.25, -0.2) is 4.39 Å². The van der Waals surface area contributed by atoms with Crippen LogP contribution in [-0.2, 0) is 6.42 Å². The Labute approximate surface area is 195 Å². The highest BCUT2D eigenvalue weighted by molar-refractivity contribution is 5.85. The molecule has 2 atom stereocenters. The van der Waals surface area contributed by atoms with E-state index in [0.717, 1.165) is 16.5 Å². The molecule has 1 aliphatic rings. The quantitative estimate of drug-likeness (QED) is 0.312. The molecule has 0 saturated heterocycles. The highest BCUT2D eigenvalue weighted by Gasteiger charge is 2.42. The summed E-state index contributed by atoms with van der Waals surface area (Å²) < 4.78 is 72.9. The minimum absolute atomic E-state index is 0.0207. The van der Waals surface area contributed by atoms with Crippen molar-refractivity contribution in [2.24, 2.45) is 0 Å². The largest absolute Gasteiger partial charge is 0.489 e. The van der Waals surface area contributed by atoms with Crippen LogP contribution in [0.1, 0.15) is 36.2 Å². The fourth-order valence-electron chi connectivity index (χ4n) is 4.67. The molecule has 2 N–H and O–H groups in total. The third kappa shape index (κ3) is 5.36. The fraction of sp³-hybridized carbons (Fsp3) is 0.440. The van der Waals surface area contributed by atoms with Crippen LogP contribution in [0.5, 0.6) is 5.75 Å². The average Bonchev–Trinajstić information content (AvgIpc) is 3.15. The lowest BCUT2D eigenvalue weighted by atomic mass is 9.88. The maximum Gasteiger partial charge on any atom is 0.401 e. The van der Waals surface area contributed by atoms with Crippen molar-refractivity contribution in [3.8, 4) is 5.75 Å². The number of ether oxygens (including phenoxy) is 1. The lowest BCUT2D eigenvalue weighted by Crippen LogP contribution is -2.47. The molecule has 184 valence electrons. The zero-order valence-electron chi connectivity index (χ0n) is 18.9. The molecule has 0 bridgehead atoms. The van der Waals surface area contributed by atoms with Crippen molar-refractivity contribution in [1.29, 1.82) is 0 Å².